The number of sulfonamides is 1. The summed E-state index contributed by atoms with van der Waals surface area (Å²) in [4.78, 5) is 34.9. The highest BCUT2D eigenvalue weighted by atomic mass is 32.2. The van der Waals surface area contributed by atoms with E-state index in [4.69, 9.17) is 0 Å². The molecule has 0 heterocycles. The van der Waals surface area contributed by atoms with E-state index >= 15 is 0 Å². The number of carboxylic acids is 1. The van der Waals surface area contributed by atoms with Crippen LogP contribution in [-0.4, -0.2) is 46.3 Å². The number of carbonyl (C=O) groups is 2. The smallest absolute Gasteiger partial charge is 0.339 e. The Morgan fingerprint density at radius 3 is 2.12 bits per heavy atom. The number of nitrogens with zero attached hydrogens (tertiary/aromatic N) is 3. The first kappa shape index (κ1) is 37.7. The van der Waals surface area contributed by atoms with E-state index in [1.54, 1.807) is 12.1 Å². The third-order valence-corrected chi connectivity index (χ3v) is 10.5. The van der Waals surface area contributed by atoms with Crippen molar-refractivity contribution >= 4 is 27.6 Å². The third kappa shape index (κ3) is 7.83. The Morgan fingerprint density at radius 2 is 1.54 bits per heavy atom. The molecule has 11 nitrogen and oxygen atoms in total. The summed E-state index contributed by atoms with van der Waals surface area (Å²) < 4.78 is 99.8. The topological polar surface area (TPSA) is 158 Å². The molecular weight excluding hydrogens is 717 g/mol. The third-order valence-electron chi connectivity index (χ3n) is 8.74. The fourth-order valence-corrected chi connectivity index (χ4v) is 7.48. The van der Waals surface area contributed by atoms with Gasteiger partial charge in [0.05, 0.1) is 11.5 Å². The van der Waals surface area contributed by atoms with E-state index in [1.807, 2.05) is 12.1 Å². The lowest BCUT2D eigenvalue weighted by Crippen LogP contribution is -2.41. The number of carbonyl (C=O) groups excluding carboxylic acids is 1. The van der Waals surface area contributed by atoms with E-state index in [1.165, 1.54) is 6.08 Å². The molecule has 0 saturated heterocycles. The molecule has 2 N–H and O–H groups in total. The normalized spacial score (nSPS) is 15.7. The van der Waals surface area contributed by atoms with Gasteiger partial charge in [0, 0.05) is 30.1 Å². The molecule has 0 spiro atoms. The number of halogens is 5. The monoisotopic (exact) mass is 747 g/mol. The predicted octanol–water partition coefficient (Wildman–Crippen LogP) is 7.06. The number of hydrogen-bond donors (Lipinski definition) is 2. The maximum absolute atomic E-state index is 14.9. The van der Waals surface area contributed by atoms with Gasteiger partial charge in [-0.15, -0.1) is 0 Å². The predicted molar refractivity (Wildman–Crippen MR) is 176 cm³/mol. The van der Waals surface area contributed by atoms with Gasteiger partial charge in [-0.2, -0.15) is 0 Å². The Morgan fingerprint density at radius 1 is 0.923 bits per heavy atom. The summed E-state index contributed by atoms with van der Waals surface area (Å²) >= 11 is 0. The summed E-state index contributed by atoms with van der Waals surface area (Å²) in [5, 5.41) is 31.2. The number of benzene rings is 3. The van der Waals surface area contributed by atoms with Crippen LogP contribution in [0.15, 0.2) is 83.1 Å². The number of nitro groups is 1. The number of amides is 1. The van der Waals surface area contributed by atoms with Gasteiger partial charge in [0.15, 0.2) is 28.2 Å². The molecule has 274 valence electrons. The van der Waals surface area contributed by atoms with Gasteiger partial charge in [-0.1, -0.05) is 49.6 Å². The van der Waals surface area contributed by atoms with Crippen LogP contribution in [0.25, 0.3) is 0 Å². The van der Waals surface area contributed by atoms with Gasteiger partial charge < -0.3 is 15.1 Å². The fourth-order valence-electron chi connectivity index (χ4n) is 6.05. The summed E-state index contributed by atoms with van der Waals surface area (Å²) in [7, 11) is -5.83. The minimum atomic E-state index is -5.83. The molecule has 3 aromatic rings. The molecule has 1 saturated carbocycles. The first-order chi connectivity index (χ1) is 24.6. The quantitative estimate of drug-likeness (QED) is 0.0694. The summed E-state index contributed by atoms with van der Waals surface area (Å²) in [5.74, 6) is -16.3. The Kier molecular flexibility index (Phi) is 11.1. The highest BCUT2D eigenvalue weighted by molar-refractivity contribution is 7.89. The molecule has 17 heteroatoms. The lowest BCUT2D eigenvalue weighted by Gasteiger charge is -2.28. The molecule has 2 aliphatic rings. The summed E-state index contributed by atoms with van der Waals surface area (Å²) in [6, 6.07) is 10.2. The molecule has 0 bridgehead atoms. The first-order valence-corrected chi connectivity index (χ1v) is 17.3. The number of allylic oxidation sites excluding steroid dienone is 4. The van der Waals surface area contributed by atoms with E-state index in [9.17, 15) is 60.3 Å². The standard InChI is InChI=1S/C35H30F5N3O8S/c36-29-30(37)32(39)34(33(40)31(29)38)52(50,51)41(17-21-5-4-8-25(15-21)43(48)49)19-28(45)42(24-13-14-26(35(46)47)27(44)16-24)18-20-9-11-23(12-10-20)22-6-2-1-3-7-22/h4,8-17,22,44H,1-3,5-7,18-19H2,(H,46,47). The number of aromatic carboxylic acids is 1. The summed E-state index contributed by atoms with van der Waals surface area (Å²) in [6.07, 6.45) is 8.89. The SMILES string of the molecule is O=C(O)c1ccc(N(Cc2ccc(C3CCCCC3)cc2)C(=O)CN(C=C2C=C([N+](=O)[O-])C=CC2)S(=O)(=O)c2c(F)c(F)c(F)c(F)c2F)cc1O. The van der Waals surface area contributed by atoms with Crippen LogP contribution in [0.5, 0.6) is 5.75 Å². The lowest BCUT2D eigenvalue weighted by atomic mass is 9.84. The van der Waals surface area contributed by atoms with Crippen LogP contribution in [0.1, 0.15) is 65.9 Å². The molecule has 0 aromatic heterocycles. The largest absolute Gasteiger partial charge is 0.507 e. The molecule has 0 atom stereocenters. The van der Waals surface area contributed by atoms with Crippen molar-refractivity contribution in [3.05, 3.63) is 134 Å². The molecular formula is C35H30F5N3O8S. The van der Waals surface area contributed by atoms with Gasteiger partial charge in [0.25, 0.3) is 15.7 Å². The van der Waals surface area contributed by atoms with Crippen LogP contribution in [0.4, 0.5) is 27.6 Å². The van der Waals surface area contributed by atoms with Crippen molar-refractivity contribution in [2.75, 3.05) is 11.4 Å². The average molecular weight is 748 g/mol. The number of carboxylic acid groups (broad SMARTS) is 1. The van der Waals surface area contributed by atoms with Gasteiger partial charge in [-0.3, -0.25) is 19.2 Å². The number of aromatic hydroxyl groups is 1. The van der Waals surface area contributed by atoms with Crippen LogP contribution in [0.2, 0.25) is 0 Å². The molecule has 0 aliphatic heterocycles. The lowest BCUT2D eigenvalue weighted by molar-refractivity contribution is -0.419. The zero-order chi connectivity index (χ0) is 37.9. The van der Waals surface area contributed by atoms with Crippen LogP contribution < -0.4 is 4.90 Å². The fraction of sp³-hybridized carbons (Fsp3) is 0.257. The molecule has 1 amide bonds. The van der Waals surface area contributed by atoms with Gasteiger partial charge >= 0.3 is 5.97 Å². The van der Waals surface area contributed by atoms with Crippen molar-refractivity contribution in [1.29, 1.82) is 0 Å². The van der Waals surface area contributed by atoms with E-state index in [2.05, 4.69) is 0 Å². The minimum Gasteiger partial charge on any atom is -0.507 e. The van der Waals surface area contributed by atoms with Crippen molar-refractivity contribution in [3.8, 4) is 5.75 Å². The van der Waals surface area contributed by atoms with Gasteiger partial charge in [0.2, 0.25) is 11.7 Å². The Hall–Kier alpha value is -5.58. The van der Waals surface area contributed by atoms with Gasteiger partial charge in [-0.05, 0) is 54.0 Å². The second-order valence-electron chi connectivity index (χ2n) is 12.1. The summed E-state index contributed by atoms with van der Waals surface area (Å²) in [6.45, 7) is -1.69. The van der Waals surface area contributed by atoms with E-state index in [0.29, 0.717) is 17.7 Å². The summed E-state index contributed by atoms with van der Waals surface area (Å²) in [5.41, 5.74) is 0.124. The highest BCUT2D eigenvalue weighted by Crippen LogP contribution is 2.34. The van der Waals surface area contributed by atoms with Crippen LogP contribution >= 0.6 is 0 Å². The van der Waals surface area contributed by atoms with E-state index in [0.717, 1.165) is 72.9 Å². The molecule has 1 fully saturated rings. The average Bonchev–Trinajstić information content (AvgIpc) is 3.12. The maximum atomic E-state index is 14.9. The van der Waals surface area contributed by atoms with Gasteiger partial charge in [-0.25, -0.2) is 35.2 Å². The minimum absolute atomic E-state index is 0.000814. The molecule has 5 rings (SSSR count). The van der Waals surface area contributed by atoms with Crippen molar-refractivity contribution in [1.82, 2.24) is 4.31 Å². The van der Waals surface area contributed by atoms with Crippen LogP contribution in [0.3, 0.4) is 0 Å². The molecule has 0 unspecified atom stereocenters. The zero-order valence-electron chi connectivity index (χ0n) is 27.1. The van der Waals surface area contributed by atoms with Crippen LogP contribution in [0, 0.1) is 39.2 Å². The van der Waals surface area contributed by atoms with Gasteiger partial charge in [0.1, 0.15) is 17.9 Å². The second-order valence-corrected chi connectivity index (χ2v) is 14.0. The zero-order valence-corrected chi connectivity index (χ0v) is 27.9. The maximum Gasteiger partial charge on any atom is 0.339 e. The molecule has 0 radical (unpaired) electrons. The van der Waals surface area contributed by atoms with Crippen LogP contribution in [-0.2, 0) is 21.4 Å². The molecule has 3 aromatic carbocycles. The number of phenols is 1. The Labute approximate surface area is 293 Å². The second kappa shape index (κ2) is 15.3. The number of hydrogen-bond acceptors (Lipinski definition) is 7. The van der Waals surface area contributed by atoms with Crippen molar-refractivity contribution in [3.63, 3.8) is 0 Å². The number of rotatable bonds is 11. The van der Waals surface area contributed by atoms with E-state index < -0.39 is 84.4 Å². The van der Waals surface area contributed by atoms with E-state index in [-0.39, 0.29) is 28.5 Å². The highest BCUT2D eigenvalue weighted by Gasteiger charge is 2.38. The first-order valence-electron chi connectivity index (χ1n) is 15.8. The van der Waals surface area contributed by atoms with Crippen molar-refractivity contribution in [2.24, 2.45) is 0 Å². The van der Waals surface area contributed by atoms with Crippen molar-refractivity contribution in [2.45, 2.75) is 55.9 Å². The Bertz CT molecular complexity index is 2100. The number of anilines is 1. The van der Waals surface area contributed by atoms with Crippen molar-refractivity contribution < 1.29 is 55.1 Å². The molecule has 52 heavy (non-hydrogen) atoms. The Balaban J connectivity index is 1.60. The molecule has 2 aliphatic carbocycles.